The maximum absolute atomic E-state index is 11.3. The monoisotopic (exact) mass is 369 g/mol. The van der Waals surface area contributed by atoms with Gasteiger partial charge in [0, 0.05) is 6.20 Å². The van der Waals surface area contributed by atoms with Gasteiger partial charge in [0.1, 0.15) is 5.75 Å². The van der Waals surface area contributed by atoms with Gasteiger partial charge in [0.05, 0.1) is 29.6 Å². The molecule has 5 rings (SSSR count). The number of aromatic nitrogens is 3. The fourth-order valence-electron chi connectivity index (χ4n) is 4.97. The minimum Gasteiger partial charge on any atom is -0.492 e. The van der Waals surface area contributed by atoms with Crippen LogP contribution in [-0.4, -0.2) is 32.9 Å². The first-order valence-corrected chi connectivity index (χ1v) is 9.93. The van der Waals surface area contributed by atoms with Crippen LogP contribution in [0, 0.1) is 10.8 Å². The van der Waals surface area contributed by atoms with Crippen molar-refractivity contribution in [2.24, 2.45) is 10.8 Å². The van der Waals surface area contributed by atoms with Gasteiger partial charge in [0.2, 0.25) is 0 Å². The van der Waals surface area contributed by atoms with Gasteiger partial charge in [-0.05, 0) is 62.1 Å². The molecule has 3 fully saturated rings. The zero-order valence-corrected chi connectivity index (χ0v) is 15.6. The molecule has 2 N–H and O–H groups in total. The molecule has 0 amide bonds. The third kappa shape index (κ3) is 3.70. The number of carboxylic acids is 1. The highest BCUT2D eigenvalue weighted by Gasteiger charge is 2.63. The van der Waals surface area contributed by atoms with Gasteiger partial charge in [-0.2, -0.15) is 5.10 Å². The second kappa shape index (κ2) is 7.33. The highest BCUT2D eigenvalue weighted by Crippen LogP contribution is 2.68. The zero-order valence-electron chi connectivity index (χ0n) is 15.6. The predicted octanol–water partition coefficient (Wildman–Crippen LogP) is 4.45. The molecule has 6 heteroatoms. The third-order valence-corrected chi connectivity index (χ3v) is 6.40. The summed E-state index contributed by atoms with van der Waals surface area (Å²) in [6.07, 6.45) is 13.1. The Kier molecular flexibility index (Phi) is 4.89. The van der Waals surface area contributed by atoms with E-state index >= 15 is 0 Å². The standard InChI is InChI=1S/C21H27N3O3/c25-19(26)21-10-9-20(14-21,15-21)8-3-1-2-4-12-27-16-5-6-17(22-13-16)18-7-11-23-24-18/h5-7,11,13H,1-4,8-10,12,14-15H2,(H,23,24)(H,25,26)/t20-,21-. The van der Waals surface area contributed by atoms with Crippen LogP contribution in [0.4, 0.5) is 0 Å². The van der Waals surface area contributed by atoms with Crippen LogP contribution in [0.25, 0.3) is 11.4 Å². The molecule has 0 aliphatic heterocycles. The molecule has 0 spiro atoms. The number of nitrogens with one attached hydrogen (secondary N) is 1. The molecule has 2 heterocycles. The maximum atomic E-state index is 11.3. The number of nitrogens with zero attached hydrogens (tertiary/aromatic N) is 2. The molecule has 144 valence electrons. The van der Waals surface area contributed by atoms with Gasteiger partial charge in [0.15, 0.2) is 0 Å². The van der Waals surface area contributed by atoms with Gasteiger partial charge >= 0.3 is 5.97 Å². The van der Waals surface area contributed by atoms with E-state index in [2.05, 4.69) is 15.2 Å². The van der Waals surface area contributed by atoms with Crippen molar-refractivity contribution >= 4 is 5.97 Å². The van der Waals surface area contributed by atoms with Crippen LogP contribution in [-0.2, 0) is 4.79 Å². The Morgan fingerprint density at radius 3 is 2.67 bits per heavy atom. The summed E-state index contributed by atoms with van der Waals surface area (Å²) in [7, 11) is 0. The van der Waals surface area contributed by atoms with E-state index in [1.807, 2.05) is 18.2 Å². The van der Waals surface area contributed by atoms with Crippen molar-refractivity contribution in [2.45, 2.75) is 57.8 Å². The summed E-state index contributed by atoms with van der Waals surface area (Å²) in [4.78, 5) is 15.7. The number of fused-ring (bicyclic) bond motifs is 1. The summed E-state index contributed by atoms with van der Waals surface area (Å²) in [5.74, 6) is 0.224. The lowest BCUT2D eigenvalue weighted by molar-refractivity contribution is -0.157. The second-order valence-corrected chi connectivity index (χ2v) is 8.30. The van der Waals surface area contributed by atoms with Crippen molar-refractivity contribution in [3.8, 4) is 17.1 Å². The van der Waals surface area contributed by atoms with Crippen molar-refractivity contribution in [1.29, 1.82) is 0 Å². The van der Waals surface area contributed by atoms with E-state index in [1.165, 1.54) is 19.3 Å². The van der Waals surface area contributed by atoms with Crippen LogP contribution in [0.3, 0.4) is 0 Å². The Hall–Kier alpha value is -2.37. The third-order valence-electron chi connectivity index (χ3n) is 6.40. The number of aromatic amines is 1. The largest absolute Gasteiger partial charge is 0.492 e. The van der Waals surface area contributed by atoms with Gasteiger partial charge in [-0.3, -0.25) is 14.9 Å². The van der Waals surface area contributed by atoms with Crippen LogP contribution >= 0.6 is 0 Å². The van der Waals surface area contributed by atoms with E-state index in [4.69, 9.17) is 4.74 Å². The van der Waals surface area contributed by atoms with Crippen molar-refractivity contribution in [3.05, 3.63) is 30.6 Å². The molecule has 3 saturated carbocycles. The fraction of sp³-hybridized carbons (Fsp3) is 0.571. The summed E-state index contributed by atoms with van der Waals surface area (Å²) in [6, 6.07) is 5.76. The molecule has 0 radical (unpaired) electrons. The number of unbranched alkanes of at least 4 members (excludes halogenated alkanes) is 3. The molecular weight excluding hydrogens is 342 g/mol. The number of carboxylic acid groups (broad SMARTS) is 1. The Morgan fingerprint density at radius 1 is 1.15 bits per heavy atom. The number of hydrogen-bond acceptors (Lipinski definition) is 4. The number of ether oxygens (including phenoxy) is 1. The summed E-state index contributed by atoms with van der Waals surface area (Å²) in [5, 5.41) is 16.2. The molecule has 3 aliphatic carbocycles. The van der Waals surface area contributed by atoms with Crippen molar-refractivity contribution in [3.63, 3.8) is 0 Å². The highest BCUT2D eigenvalue weighted by atomic mass is 16.5. The van der Waals surface area contributed by atoms with Crippen LogP contribution in [0.5, 0.6) is 5.75 Å². The first-order valence-electron chi connectivity index (χ1n) is 9.93. The van der Waals surface area contributed by atoms with Gasteiger partial charge in [0.25, 0.3) is 0 Å². The zero-order chi connectivity index (χ0) is 18.7. The van der Waals surface area contributed by atoms with Gasteiger partial charge in [-0.15, -0.1) is 0 Å². The highest BCUT2D eigenvalue weighted by molar-refractivity contribution is 5.77. The van der Waals surface area contributed by atoms with E-state index in [9.17, 15) is 9.90 Å². The SMILES string of the molecule is O=C(O)[C@]12CC[C@](CCCCCCOc3ccc(-c4ccn[nH]4)nc3)(C1)C2. The van der Waals surface area contributed by atoms with E-state index in [0.29, 0.717) is 12.0 Å². The number of H-pyrrole nitrogens is 1. The summed E-state index contributed by atoms with van der Waals surface area (Å²) in [5.41, 5.74) is 1.76. The molecule has 0 aromatic carbocycles. The predicted molar refractivity (Wildman–Crippen MR) is 101 cm³/mol. The Bertz CT molecular complexity index is 764. The molecule has 2 bridgehead atoms. The number of carbonyl (C=O) groups is 1. The van der Waals surface area contributed by atoms with Crippen molar-refractivity contribution in [1.82, 2.24) is 15.2 Å². The minimum atomic E-state index is -0.570. The maximum Gasteiger partial charge on any atom is 0.309 e. The molecular formula is C21H27N3O3. The minimum absolute atomic E-state index is 0.352. The summed E-state index contributed by atoms with van der Waals surface area (Å²) < 4.78 is 5.77. The Morgan fingerprint density at radius 2 is 2.00 bits per heavy atom. The van der Waals surface area contributed by atoms with E-state index < -0.39 is 5.97 Å². The summed E-state index contributed by atoms with van der Waals surface area (Å²) in [6.45, 7) is 0.707. The normalized spacial score (nSPS) is 25.9. The number of rotatable bonds is 10. The van der Waals surface area contributed by atoms with Crippen LogP contribution in [0.15, 0.2) is 30.6 Å². The fourth-order valence-corrected chi connectivity index (χ4v) is 4.97. The van der Waals surface area contributed by atoms with E-state index in [0.717, 1.165) is 55.7 Å². The van der Waals surface area contributed by atoms with Crippen LogP contribution < -0.4 is 4.74 Å². The number of pyridine rings is 1. The summed E-state index contributed by atoms with van der Waals surface area (Å²) >= 11 is 0. The first kappa shape index (κ1) is 18.0. The number of aliphatic carboxylic acids is 1. The lowest BCUT2D eigenvalue weighted by Gasteiger charge is -2.45. The van der Waals surface area contributed by atoms with Crippen LogP contribution in [0.2, 0.25) is 0 Å². The van der Waals surface area contributed by atoms with Crippen molar-refractivity contribution < 1.29 is 14.6 Å². The van der Waals surface area contributed by atoms with E-state index in [1.54, 1.807) is 12.4 Å². The molecule has 0 saturated heterocycles. The molecule has 2 aromatic rings. The molecule has 0 atom stereocenters. The lowest BCUT2D eigenvalue weighted by atomic mass is 9.58. The molecule has 6 nitrogen and oxygen atoms in total. The van der Waals surface area contributed by atoms with Gasteiger partial charge < -0.3 is 9.84 Å². The molecule has 27 heavy (non-hydrogen) atoms. The quantitative estimate of drug-likeness (QED) is 0.604. The second-order valence-electron chi connectivity index (χ2n) is 8.30. The van der Waals surface area contributed by atoms with Crippen LogP contribution in [0.1, 0.15) is 57.8 Å². The smallest absolute Gasteiger partial charge is 0.309 e. The lowest BCUT2D eigenvalue weighted by Crippen LogP contribution is -2.42. The molecule has 3 aliphatic rings. The average Bonchev–Trinajstić information content (AvgIpc) is 3.37. The Balaban J connectivity index is 1.09. The van der Waals surface area contributed by atoms with Gasteiger partial charge in [-0.1, -0.05) is 19.3 Å². The number of hydrogen-bond donors (Lipinski definition) is 2. The van der Waals surface area contributed by atoms with E-state index in [-0.39, 0.29) is 5.41 Å². The average molecular weight is 369 g/mol. The topological polar surface area (TPSA) is 88.1 Å². The Labute approximate surface area is 159 Å². The molecule has 0 unspecified atom stereocenters. The van der Waals surface area contributed by atoms with Gasteiger partial charge in [-0.25, -0.2) is 0 Å². The molecule has 2 aromatic heterocycles. The first-order chi connectivity index (χ1) is 13.1. The van der Waals surface area contributed by atoms with Crippen molar-refractivity contribution in [2.75, 3.05) is 6.61 Å².